The molecule has 0 heterocycles. The van der Waals surface area contributed by atoms with Gasteiger partial charge in [0.1, 0.15) is 0 Å². The van der Waals surface area contributed by atoms with Gasteiger partial charge in [0.2, 0.25) is 5.91 Å². The number of carboxylic acids is 1. The molecule has 0 aliphatic heterocycles. The summed E-state index contributed by atoms with van der Waals surface area (Å²) >= 11 is 0. The third-order valence-corrected chi connectivity index (χ3v) is 2.23. The van der Waals surface area contributed by atoms with Crippen LogP contribution in [0.25, 0.3) is 0 Å². The third kappa shape index (κ3) is 8.45. The summed E-state index contributed by atoms with van der Waals surface area (Å²) in [5, 5.41) is 14.4. The molecule has 0 aromatic heterocycles. The maximum absolute atomic E-state index is 11.3. The Bertz CT molecular complexity index is 264. The standard InChI is InChI=1S/C12H22N2O3/c1-4-5-13-8-11(15)14-7-10(12(16)17)6-9(2)3/h4,9-10,13H,1,5-8H2,2-3H3,(H,14,15)(H,16,17). The fourth-order valence-electron chi connectivity index (χ4n) is 1.43. The Morgan fingerprint density at radius 2 is 2.06 bits per heavy atom. The molecule has 0 bridgehead atoms. The zero-order valence-electron chi connectivity index (χ0n) is 10.5. The molecule has 3 N–H and O–H groups in total. The van der Waals surface area contributed by atoms with Crippen LogP contribution < -0.4 is 10.6 Å². The normalized spacial score (nSPS) is 12.2. The van der Waals surface area contributed by atoms with Gasteiger partial charge in [0.25, 0.3) is 0 Å². The highest BCUT2D eigenvalue weighted by molar-refractivity contribution is 5.79. The first-order chi connectivity index (χ1) is 7.97. The van der Waals surface area contributed by atoms with E-state index in [1.54, 1.807) is 6.08 Å². The van der Waals surface area contributed by atoms with Crippen molar-refractivity contribution in [3.63, 3.8) is 0 Å². The number of rotatable bonds is 9. The minimum absolute atomic E-state index is 0.181. The zero-order valence-corrected chi connectivity index (χ0v) is 10.5. The lowest BCUT2D eigenvalue weighted by atomic mass is 9.97. The largest absolute Gasteiger partial charge is 0.481 e. The highest BCUT2D eigenvalue weighted by Gasteiger charge is 2.19. The average Bonchev–Trinajstić information content (AvgIpc) is 2.23. The van der Waals surface area contributed by atoms with E-state index in [1.165, 1.54) is 0 Å². The highest BCUT2D eigenvalue weighted by Crippen LogP contribution is 2.10. The van der Waals surface area contributed by atoms with Crippen LogP contribution in [0.2, 0.25) is 0 Å². The Labute approximate surface area is 102 Å². The number of amides is 1. The maximum Gasteiger partial charge on any atom is 0.308 e. The summed E-state index contributed by atoms with van der Waals surface area (Å²) in [5.74, 6) is -1.27. The van der Waals surface area contributed by atoms with Crippen molar-refractivity contribution in [3.8, 4) is 0 Å². The van der Waals surface area contributed by atoms with Crippen LogP contribution in [0.15, 0.2) is 12.7 Å². The molecule has 0 saturated heterocycles. The topological polar surface area (TPSA) is 78.4 Å². The minimum atomic E-state index is -0.863. The van der Waals surface area contributed by atoms with Crippen LogP contribution >= 0.6 is 0 Å². The van der Waals surface area contributed by atoms with Crippen molar-refractivity contribution in [2.75, 3.05) is 19.6 Å². The molecule has 0 aromatic carbocycles. The van der Waals surface area contributed by atoms with E-state index in [1.807, 2.05) is 13.8 Å². The van der Waals surface area contributed by atoms with Gasteiger partial charge in [-0.1, -0.05) is 19.9 Å². The van der Waals surface area contributed by atoms with Gasteiger partial charge in [-0.15, -0.1) is 6.58 Å². The number of hydrogen-bond acceptors (Lipinski definition) is 3. The third-order valence-electron chi connectivity index (χ3n) is 2.23. The van der Waals surface area contributed by atoms with Crippen LogP contribution in [0.4, 0.5) is 0 Å². The summed E-state index contributed by atoms with van der Waals surface area (Å²) in [6.07, 6.45) is 2.22. The van der Waals surface area contributed by atoms with E-state index in [0.717, 1.165) is 0 Å². The Balaban J connectivity index is 3.91. The van der Waals surface area contributed by atoms with Crippen LogP contribution in [0.5, 0.6) is 0 Å². The number of carbonyl (C=O) groups is 2. The van der Waals surface area contributed by atoms with Gasteiger partial charge in [0, 0.05) is 13.1 Å². The van der Waals surface area contributed by atoms with E-state index in [0.29, 0.717) is 18.9 Å². The molecule has 0 fully saturated rings. The quantitative estimate of drug-likeness (QED) is 0.409. The van der Waals surface area contributed by atoms with Crippen molar-refractivity contribution in [2.24, 2.45) is 11.8 Å². The number of carboxylic acid groups (broad SMARTS) is 1. The second kappa shape index (κ2) is 8.75. The first kappa shape index (κ1) is 15.6. The second-order valence-electron chi connectivity index (χ2n) is 4.39. The molecule has 0 aliphatic carbocycles. The molecule has 1 unspecified atom stereocenters. The zero-order chi connectivity index (χ0) is 13.3. The predicted molar refractivity (Wildman–Crippen MR) is 66.7 cm³/mol. The summed E-state index contributed by atoms with van der Waals surface area (Å²) in [5.41, 5.74) is 0. The first-order valence-electron chi connectivity index (χ1n) is 5.78. The highest BCUT2D eigenvalue weighted by atomic mass is 16.4. The van der Waals surface area contributed by atoms with E-state index in [9.17, 15) is 9.59 Å². The maximum atomic E-state index is 11.3. The van der Waals surface area contributed by atoms with Crippen molar-refractivity contribution in [3.05, 3.63) is 12.7 Å². The van der Waals surface area contributed by atoms with E-state index in [-0.39, 0.29) is 19.0 Å². The van der Waals surface area contributed by atoms with Crippen molar-refractivity contribution < 1.29 is 14.7 Å². The fraction of sp³-hybridized carbons (Fsp3) is 0.667. The van der Waals surface area contributed by atoms with E-state index >= 15 is 0 Å². The molecule has 17 heavy (non-hydrogen) atoms. The van der Waals surface area contributed by atoms with Crippen molar-refractivity contribution in [1.29, 1.82) is 0 Å². The molecule has 0 spiro atoms. The molecule has 1 atom stereocenters. The lowest BCUT2D eigenvalue weighted by molar-refractivity contribution is -0.142. The summed E-state index contributed by atoms with van der Waals surface area (Å²) in [7, 11) is 0. The Kier molecular flexibility index (Phi) is 8.05. The van der Waals surface area contributed by atoms with Crippen LogP contribution in [0, 0.1) is 11.8 Å². The van der Waals surface area contributed by atoms with Crippen molar-refractivity contribution in [2.45, 2.75) is 20.3 Å². The first-order valence-corrected chi connectivity index (χ1v) is 5.78. The number of aliphatic carboxylic acids is 1. The van der Waals surface area contributed by atoms with Gasteiger partial charge in [0.15, 0.2) is 0 Å². The Morgan fingerprint density at radius 3 is 2.53 bits per heavy atom. The molecule has 0 rings (SSSR count). The minimum Gasteiger partial charge on any atom is -0.481 e. The van der Waals surface area contributed by atoms with Crippen molar-refractivity contribution in [1.82, 2.24) is 10.6 Å². The van der Waals surface area contributed by atoms with E-state index < -0.39 is 11.9 Å². The van der Waals surface area contributed by atoms with Crippen LogP contribution in [0.1, 0.15) is 20.3 Å². The summed E-state index contributed by atoms with van der Waals surface area (Å²) in [4.78, 5) is 22.3. The van der Waals surface area contributed by atoms with Crippen LogP contribution in [0.3, 0.4) is 0 Å². The smallest absolute Gasteiger partial charge is 0.308 e. The average molecular weight is 242 g/mol. The van der Waals surface area contributed by atoms with Crippen LogP contribution in [-0.4, -0.2) is 36.6 Å². The van der Waals surface area contributed by atoms with Gasteiger partial charge in [0.05, 0.1) is 12.5 Å². The molecular weight excluding hydrogens is 220 g/mol. The molecule has 0 aliphatic rings. The predicted octanol–water partition coefficient (Wildman–Crippen LogP) is 0.625. The number of carbonyl (C=O) groups excluding carboxylic acids is 1. The number of nitrogens with one attached hydrogen (secondary N) is 2. The monoisotopic (exact) mass is 242 g/mol. The van der Waals surface area contributed by atoms with Gasteiger partial charge in [-0.05, 0) is 12.3 Å². The summed E-state index contributed by atoms with van der Waals surface area (Å²) < 4.78 is 0. The molecular formula is C12H22N2O3. The lowest BCUT2D eigenvalue weighted by Gasteiger charge is -2.15. The molecule has 5 nitrogen and oxygen atoms in total. The van der Waals surface area contributed by atoms with E-state index in [2.05, 4.69) is 17.2 Å². The van der Waals surface area contributed by atoms with Gasteiger partial charge in [-0.25, -0.2) is 0 Å². The summed E-state index contributed by atoms with van der Waals surface area (Å²) in [6, 6.07) is 0. The van der Waals surface area contributed by atoms with Gasteiger partial charge >= 0.3 is 5.97 Å². The van der Waals surface area contributed by atoms with Gasteiger partial charge in [-0.3, -0.25) is 9.59 Å². The van der Waals surface area contributed by atoms with Gasteiger partial charge in [-0.2, -0.15) is 0 Å². The van der Waals surface area contributed by atoms with Crippen molar-refractivity contribution >= 4 is 11.9 Å². The molecule has 0 saturated carbocycles. The fourth-order valence-corrected chi connectivity index (χ4v) is 1.43. The van der Waals surface area contributed by atoms with E-state index in [4.69, 9.17) is 5.11 Å². The Hall–Kier alpha value is -1.36. The lowest BCUT2D eigenvalue weighted by Crippen LogP contribution is -2.38. The molecule has 5 heteroatoms. The van der Waals surface area contributed by atoms with Crippen LogP contribution in [-0.2, 0) is 9.59 Å². The molecule has 98 valence electrons. The summed E-state index contributed by atoms with van der Waals surface area (Å²) in [6.45, 7) is 8.36. The SMILES string of the molecule is C=CCNCC(=O)NCC(CC(C)C)C(=O)O. The Morgan fingerprint density at radius 1 is 1.41 bits per heavy atom. The molecule has 0 radical (unpaired) electrons. The second-order valence-corrected chi connectivity index (χ2v) is 4.39. The number of hydrogen-bond donors (Lipinski definition) is 3. The van der Waals surface area contributed by atoms with Gasteiger partial charge < -0.3 is 15.7 Å². The molecule has 1 amide bonds. The molecule has 0 aromatic rings.